The Morgan fingerprint density at radius 2 is 2.40 bits per heavy atom. The average Bonchev–Trinajstić information content (AvgIpc) is 1.82. The van der Waals surface area contributed by atoms with E-state index in [4.69, 9.17) is 5.73 Å². The summed E-state index contributed by atoms with van der Waals surface area (Å²) in [7, 11) is 0. The van der Waals surface area contributed by atoms with Crippen molar-refractivity contribution in [2.45, 2.75) is 13.0 Å². The molecule has 0 aromatic rings. The number of nitrogens with two attached hydrogens (primary N) is 1. The van der Waals surface area contributed by atoms with E-state index in [1.54, 1.807) is 13.0 Å². The van der Waals surface area contributed by atoms with E-state index < -0.39 is 6.04 Å². The van der Waals surface area contributed by atoms with E-state index in [2.05, 4.69) is 11.9 Å². The molecule has 0 bridgehead atoms. The fourth-order valence-electron chi connectivity index (χ4n) is 0.334. The Morgan fingerprint density at radius 1 is 1.90 bits per heavy atom. The molecule has 0 aliphatic rings. The lowest BCUT2D eigenvalue weighted by Gasteiger charge is -2.03. The van der Waals surface area contributed by atoms with Crippen LogP contribution in [0.3, 0.4) is 0 Å². The van der Waals surface area contributed by atoms with Crippen molar-refractivity contribution in [2.75, 3.05) is 6.54 Å². The van der Waals surface area contributed by atoms with Gasteiger partial charge in [-0.25, -0.2) is 0 Å². The third-order valence-corrected chi connectivity index (χ3v) is 0.834. The maximum absolute atomic E-state index is 10.6. The van der Waals surface area contributed by atoms with Crippen LogP contribution in [-0.4, -0.2) is 18.5 Å². The normalized spacial score (nSPS) is 11.0. The van der Waals surface area contributed by atoms with Crippen LogP contribution in [0.15, 0.2) is 12.7 Å². The molecule has 10 heavy (non-hydrogen) atoms. The molecule has 0 radical (unpaired) electrons. The van der Waals surface area contributed by atoms with Gasteiger partial charge in [0, 0.05) is 6.54 Å². The molecule has 3 nitrogen and oxygen atoms in total. The number of hydrogen-bond acceptors (Lipinski definition) is 2. The van der Waals surface area contributed by atoms with Crippen LogP contribution in [0.25, 0.3) is 0 Å². The SMILES string of the molecule is C=CCNC(=O)[C@@H](C)N.Cl. The van der Waals surface area contributed by atoms with Gasteiger partial charge in [0.15, 0.2) is 0 Å². The van der Waals surface area contributed by atoms with E-state index in [0.29, 0.717) is 6.54 Å². The molecule has 60 valence electrons. The second kappa shape index (κ2) is 6.58. The van der Waals surface area contributed by atoms with Gasteiger partial charge in [-0.15, -0.1) is 19.0 Å². The number of carbonyl (C=O) groups excluding carboxylic acids is 1. The van der Waals surface area contributed by atoms with Crippen molar-refractivity contribution in [3.05, 3.63) is 12.7 Å². The minimum atomic E-state index is -0.426. The summed E-state index contributed by atoms with van der Waals surface area (Å²) in [4.78, 5) is 10.6. The minimum absolute atomic E-state index is 0. The van der Waals surface area contributed by atoms with Gasteiger partial charge in [0.25, 0.3) is 0 Å². The molecule has 0 fully saturated rings. The first-order chi connectivity index (χ1) is 4.18. The van der Waals surface area contributed by atoms with E-state index >= 15 is 0 Å². The van der Waals surface area contributed by atoms with E-state index in [-0.39, 0.29) is 18.3 Å². The number of nitrogens with one attached hydrogen (secondary N) is 1. The van der Waals surface area contributed by atoms with Crippen molar-refractivity contribution in [3.8, 4) is 0 Å². The fourth-order valence-corrected chi connectivity index (χ4v) is 0.334. The summed E-state index contributed by atoms with van der Waals surface area (Å²) in [6.45, 7) is 5.56. The highest BCUT2D eigenvalue weighted by Gasteiger charge is 2.02. The molecule has 1 amide bonds. The number of hydrogen-bond donors (Lipinski definition) is 2. The minimum Gasteiger partial charge on any atom is -0.351 e. The van der Waals surface area contributed by atoms with Crippen LogP contribution >= 0.6 is 12.4 Å². The molecule has 0 unspecified atom stereocenters. The molecule has 0 saturated carbocycles. The van der Waals surface area contributed by atoms with Gasteiger partial charge in [-0.3, -0.25) is 4.79 Å². The number of carbonyl (C=O) groups is 1. The van der Waals surface area contributed by atoms with Crippen molar-refractivity contribution in [2.24, 2.45) is 5.73 Å². The Labute approximate surface area is 67.1 Å². The van der Waals surface area contributed by atoms with Gasteiger partial charge in [-0.05, 0) is 6.92 Å². The monoisotopic (exact) mass is 164 g/mol. The van der Waals surface area contributed by atoms with E-state index in [1.165, 1.54) is 0 Å². The summed E-state index contributed by atoms with van der Waals surface area (Å²) in [5.41, 5.74) is 5.23. The van der Waals surface area contributed by atoms with Crippen LogP contribution in [0, 0.1) is 0 Å². The van der Waals surface area contributed by atoms with Gasteiger partial charge < -0.3 is 11.1 Å². The Kier molecular flexibility index (Phi) is 8.00. The fraction of sp³-hybridized carbons (Fsp3) is 0.500. The Morgan fingerprint density at radius 3 is 2.70 bits per heavy atom. The first-order valence-electron chi connectivity index (χ1n) is 2.82. The zero-order chi connectivity index (χ0) is 7.28. The summed E-state index contributed by atoms with van der Waals surface area (Å²) < 4.78 is 0. The molecular weight excluding hydrogens is 152 g/mol. The molecule has 0 aromatic carbocycles. The maximum atomic E-state index is 10.6. The predicted molar refractivity (Wildman–Crippen MR) is 44.1 cm³/mol. The molecule has 3 N–H and O–H groups in total. The zero-order valence-corrected chi connectivity index (χ0v) is 6.78. The molecule has 0 saturated heterocycles. The number of rotatable bonds is 3. The number of amides is 1. The van der Waals surface area contributed by atoms with Crippen molar-refractivity contribution in [1.82, 2.24) is 5.32 Å². The predicted octanol–water partition coefficient (Wildman–Crippen LogP) is 0.0576. The summed E-state index contributed by atoms with van der Waals surface area (Å²) in [5, 5.41) is 2.55. The smallest absolute Gasteiger partial charge is 0.236 e. The molecule has 0 spiro atoms. The highest BCUT2D eigenvalue weighted by Crippen LogP contribution is 1.72. The van der Waals surface area contributed by atoms with Gasteiger partial charge in [0.05, 0.1) is 6.04 Å². The molecule has 0 heterocycles. The van der Waals surface area contributed by atoms with Crippen molar-refractivity contribution in [1.29, 1.82) is 0 Å². The van der Waals surface area contributed by atoms with Crippen LogP contribution in [-0.2, 0) is 4.79 Å². The largest absolute Gasteiger partial charge is 0.351 e. The van der Waals surface area contributed by atoms with Gasteiger partial charge in [0.1, 0.15) is 0 Å². The third-order valence-electron chi connectivity index (χ3n) is 0.834. The van der Waals surface area contributed by atoms with Crippen LogP contribution in [0.2, 0.25) is 0 Å². The summed E-state index contributed by atoms with van der Waals surface area (Å²) in [6, 6.07) is -0.426. The van der Waals surface area contributed by atoms with Crippen LogP contribution in [0.5, 0.6) is 0 Å². The molecule has 0 aromatic heterocycles. The molecule has 0 aliphatic carbocycles. The van der Waals surface area contributed by atoms with E-state index in [0.717, 1.165) is 0 Å². The number of halogens is 1. The Hall–Kier alpha value is -0.540. The second-order valence-electron chi connectivity index (χ2n) is 1.82. The zero-order valence-electron chi connectivity index (χ0n) is 5.96. The maximum Gasteiger partial charge on any atom is 0.236 e. The average molecular weight is 165 g/mol. The standard InChI is InChI=1S/C6H12N2O.ClH/c1-3-4-8-6(9)5(2)7;/h3,5H,1,4,7H2,2H3,(H,8,9);1H/t5-;/m1./s1. The van der Waals surface area contributed by atoms with Gasteiger partial charge >= 0.3 is 0 Å². The van der Waals surface area contributed by atoms with Crippen LogP contribution in [0.4, 0.5) is 0 Å². The summed E-state index contributed by atoms with van der Waals surface area (Å²) >= 11 is 0. The highest BCUT2D eigenvalue weighted by atomic mass is 35.5. The van der Waals surface area contributed by atoms with E-state index in [9.17, 15) is 4.79 Å². The van der Waals surface area contributed by atoms with Crippen LogP contribution < -0.4 is 11.1 Å². The lowest BCUT2D eigenvalue weighted by atomic mass is 10.3. The van der Waals surface area contributed by atoms with Crippen molar-refractivity contribution >= 4 is 18.3 Å². The van der Waals surface area contributed by atoms with Gasteiger partial charge in [-0.2, -0.15) is 0 Å². The van der Waals surface area contributed by atoms with Gasteiger partial charge in [-0.1, -0.05) is 6.08 Å². The Bertz CT molecular complexity index is 114. The molecular formula is C6H13ClN2O. The summed E-state index contributed by atoms with van der Waals surface area (Å²) in [6.07, 6.45) is 1.61. The second-order valence-corrected chi connectivity index (χ2v) is 1.82. The topological polar surface area (TPSA) is 55.1 Å². The lowest BCUT2D eigenvalue weighted by molar-refractivity contribution is -0.121. The first-order valence-corrected chi connectivity index (χ1v) is 2.82. The molecule has 0 aliphatic heterocycles. The van der Waals surface area contributed by atoms with Crippen LogP contribution in [0.1, 0.15) is 6.92 Å². The Balaban J connectivity index is 0. The third kappa shape index (κ3) is 5.59. The van der Waals surface area contributed by atoms with Gasteiger partial charge in [0.2, 0.25) is 5.91 Å². The highest BCUT2D eigenvalue weighted by molar-refractivity contribution is 5.85. The molecule has 0 rings (SSSR count). The lowest BCUT2D eigenvalue weighted by Crippen LogP contribution is -2.38. The first kappa shape index (κ1) is 12.2. The summed E-state index contributed by atoms with van der Waals surface area (Å²) in [5.74, 6) is -0.144. The van der Waals surface area contributed by atoms with Crippen molar-refractivity contribution < 1.29 is 4.79 Å². The molecule has 1 atom stereocenters. The van der Waals surface area contributed by atoms with Crippen molar-refractivity contribution in [3.63, 3.8) is 0 Å². The van der Waals surface area contributed by atoms with E-state index in [1.807, 2.05) is 0 Å². The molecule has 4 heteroatoms. The quantitative estimate of drug-likeness (QED) is 0.580.